The summed E-state index contributed by atoms with van der Waals surface area (Å²) < 4.78 is 0. The summed E-state index contributed by atoms with van der Waals surface area (Å²) in [6.07, 6.45) is 8.38. The van der Waals surface area contributed by atoms with Crippen molar-refractivity contribution in [3.05, 3.63) is 12.4 Å². The minimum absolute atomic E-state index is 0.553. The molecule has 0 radical (unpaired) electrons. The minimum atomic E-state index is 0.553. The van der Waals surface area contributed by atoms with Gasteiger partial charge >= 0.3 is 0 Å². The monoisotopic (exact) mass is 217 g/mol. The Labute approximate surface area is 95.1 Å². The zero-order valence-corrected chi connectivity index (χ0v) is 9.35. The van der Waals surface area contributed by atoms with Crippen molar-refractivity contribution < 1.29 is 0 Å². The van der Waals surface area contributed by atoms with Crippen molar-refractivity contribution in [3.63, 3.8) is 0 Å². The fourth-order valence-electron chi connectivity index (χ4n) is 2.14. The molecule has 1 saturated carbocycles. The molecular formula is C11H15N5. The lowest BCUT2D eigenvalue weighted by Crippen LogP contribution is -2.29. The predicted molar refractivity (Wildman–Crippen MR) is 61.9 cm³/mol. The molecule has 1 fully saturated rings. The van der Waals surface area contributed by atoms with Gasteiger partial charge in [-0.15, -0.1) is 0 Å². The summed E-state index contributed by atoms with van der Waals surface area (Å²) in [4.78, 5) is 10.4. The Morgan fingerprint density at radius 3 is 2.88 bits per heavy atom. The third kappa shape index (κ3) is 2.22. The zero-order chi connectivity index (χ0) is 11.4. The van der Waals surface area contributed by atoms with Crippen LogP contribution in [0.15, 0.2) is 12.4 Å². The second-order valence-electron chi connectivity index (χ2n) is 4.05. The Morgan fingerprint density at radius 1 is 1.44 bits per heavy atom. The molecule has 16 heavy (non-hydrogen) atoms. The average Bonchev–Trinajstić information content (AvgIpc) is 2.82. The minimum Gasteiger partial charge on any atom is -0.357 e. The smallest absolute Gasteiger partial charge is 0.182 e. The highest BCUT2D eigenvalue weighted by atomic mass is 15.2. The van der Waals surface area contributed by atoms with E-state index in [1.165, 1.54) is 32.0 Å². The molecule has 1 aliphatic carbocycles. The van der Waals surface area contributed by atoms with Crippen molar-refractivity contribution in [1.82, 2.24) is 9.97 Å². The molecule has 0 atom stereocenters. The quantitative estimate of drug-likeness (QED) is 0.617. The number of hydrogen-bond acceptors (Lipinski definition) is 5. The molecule has 0 unspecified atom stereocenters. The molecule has 0 bridgehead atoms. The van der Waals surface area contributed by atoms with E-state index in [2.05, 4.69) is 27.2 Å². The van der Waals surface area contributed by atoms with Crippen LogP contribution in [0.2, 0.25) is 0 Å². The molecule has 0 spiro atoms. The van der Waals surface area contributed by atoms with Crippen LogP contribution >= 0.6 is 0 Å². The van der Waals surface area contributed by atoms with Crippen LogP contribution in [-0.4, -0.2) is 23.1 Å². The fraction of sp³-hybridized carbons (Fsp3) is 0.545. The second kappa shape index (κ2) is 4.79. The van der Waals surface area contributed by atoms with Crippen molar-refractivity contribution in [1.29, 1.82) is 5.26 Å². The van der Waals surface area contributed by atoms with Crippen LogP contribution in [-0.2, 0) is 0 Å². The molecule has 1 aromatic heterocycles. The molecule has 5 heteroatoms. The van der Waals surface area contributed by atoms with Crippen LogP contribution < -0.4 is 10.2 Å². The average molecular weight is 217 g/mol. The molecule has 0 aromatic carbocycles. The van der Waals surface area contributed by atoms with Gasteiger partial charge in [-0.25, -0.2) is 9.97 Å². The van der Waals surface area contributed by atoms with Gasteiger partial charge < -0.3 is 4.90 Å². The van der Waals surface area contributed by atoms with E-state index in [0.29, 0.717) is 11.9 Å². The largest absolute Gasteiger partial charge is 0.357 e. The molecular weight excluding hydrogens is 202 g/mol. The summed E-state index contributed by atoms with van der Waals surface area (Å²) in [7, 11) is 2.05. The van der Waals surface area contributed by atoms with E-state index in [4.69, 9.17) is 5.26 Å². The molecule has 0 aliphatic heterocycles. The second-order valence-corrected chi connectivity index (χ2v) is 4.05. The van der Waals surface area contributed by atoms with Gasteiger partial charge in [0.25, 0.3) is 0 Å². The van der Waals surface area contributed by atoms with Crippen LogP contribution in [0.25, 0.3) is 0 Å². The topological polar surface area (TPSA) is 64.8 Å². The van der Waals surface area contributed by atoms with Crippen molar-refractivity contribution in [3.8, 4) is 6.19 Å². The first-order chi connectivity index (χ1) is 7.81. The maximum absolute atomic E-state index is 8.53. The summed E-state index contributed by atoms with van der Waals surface area (Å²) in [5.41, 5.74) is 0. The third-order valence-electron chi connectivity index (χ3n) is 3.07. The van der Waals surface area contributed by atoms with Gasteiger partial charge in [0.2, 0.25) is 0 Å². The van der Waals surface area contributed by atoms with Gasteiger partial charge in [0, 0.05) is 19.2 Å². The predicted octanol–water partition coefficient (Wildman–Crippen LogP) is 1.75. The summed E-state index contributed by atoms with van der Waals surface area (Å²) in [6.45, 7) is 0. The maximum Gasteiger partial charge on any atom is 0.182 e. The van der Waals surface area contributed by atoms with E-state index in [-0.39, 0.29) is 0 Å². The Bertz CT molecular complexity index is 392. The van der Waals surface area contributed by atoms with Gasteiger partial charge in [0.05, 0.1) is 0 Å². The first-order valence-corrected chi connectivity index (χ1v) is 5.51. The zero-order valence-electron chi connectivity index (χ0n) is 9.35. The van der Waals surface area contributed by atoms with Crippen LogP contribution in [0.4, 0.5) is 11.6 Å². The molecule has 1 aromatic rings. The van der Waals surface area contributed by atoms with E-state index < -0.39 is 0 Å². The number of rotatable bonds is 3. The van der Waals surface area contributed by atoms with E-state index in [9.17, 15) is 0 Å². The Hall–Kier alpha value is -1.83. The van der Waals surface area contributed by atoms with Crippen LogP contribution in [0, 0.1) is 11.5 Å². The normalized spacial score (nSPS) is 15.8. The summed E-state index contributed by atoms with van der Waals surface area (Å²) in [6, 6.07) is 2.38. The lowest BCUT2D eigenvalue weighted by molar-refractivity contribution is 0.646. The number of anilines is 2. The van der Waals surface area contributed by atoms with Crippen LogP contribution in [0.5, 0.6) is 0 Å². The van der Waals surface area contributed by atoms with Crippen molar-refractivity contribution in [2.24, 2.45) is 0 Å². The summed E-state index contributed by atoms with van der Waals surface area (Å²) >= 11 is 0. The van der Waals surface area contributed by atoms with Gasteiger partial charge in [-0.1, -0.05) is 12.8 Å². The molecule has 1 heterocycles. The standard InChI is InChI=1S/C11H15N5/c1-16(9-4-2-3-5-9)11-6-10(13-7-12)14-8-15-11/h6,8-9H,2-5H2,1H3,(H,13,14,15). The Kier molecular flexibility index (Phi) is 3.20. The number of hydrogen-bond donors (Lipinski definition) is 1. The van der Waals surface area contributed by atoms with E-state index in [0.717, 1.165) is 5.82 Å². The molecule has 5 nitrogen and oxygen atoms in total. The number of nitrogens with zero attached hydrogens (tertiary/aromatic N) is 4. The summed E-state index contributed by atoms with van der Waals surface area (Å²) in [5, 5.41) is 11.0. The van der Waals surface area contributed by atoms with E-state index in [1.54, 1.807) is 0 Å². The van der Waals surface area contributed by atoms with Crippen molar-refractivity contribution >= 4 is 11.6 Å². The summed E-state index contributed by atoms with van der Waals surface area (Å²) in [5.74, 6) is 1.43. The number of nitrogens with one attached hydrogen (secondary N) is 1. The van der Waals surface area contributed by atoms with E-state index >= 15 is 0 Å². The fourth-order valence-corrected chi connectivity index (χ4v) is 2.14. The molecule has 84 valence electrons. The SMILES string of the molecule is CN(c1cc(NC#N)ncn1)C1CCCC1. The first-order valence-electron chi connectivity index (χ1n) is 5.51. The van der Waals surface area contributed by atoms with Gasteiger partial charge in [-0.3, -0.25) is 5.32 Å². The van der Waals surface area contributed by atoms with Crippen LogP contribution in [0.3, 0.4) is 0 Å². The van der Waals surface area contributed by atoms with Crippen molar-refractivity contribution in [2.45, 2.75) is 31.7 Å². The molecule has 1 aliphatic rings. The van der Waals surface area contributed by atoms with E-state index in [1.807, 2.05) is 12.3 Å². The molecule has 0 saturated heterocycles. The van der Waals surface area contributed by atoms with Gasteiger partial charge in [-0.2, -0.15) is 5.26 Å². The lowest BCUT2D eigenvalue weighted by Gasteiger charge is -2.25. The van der Waals surface area contributed by atoms with Crippen LogP contribution in [0.1, 0.15) is 25.7 Å². The molecule has 2 rings (SSSR count). The Morgan fingerprint density at radius 2 is 2.19 bits per heavy atom. The highest BCUT2D eigenvalue weighted by Crippen LogP contribution is 2.26. The van der Waals surface area contributed by atoms with Gasteiger partial charge in [0.15, 0.2) is 6.19 Å². The maximum atomic E-state index is 8.53. The first kappa shape index (κ1) is 10.7. The number of aromatic nitrogens is 2. The molecule has 0 amide bonds. The lowest BCUT2D eigenvalue weighted by atomic mass is 10.2. The highest BCUT2D eigenvalue weighted by molar-refractivity contribution is 5.50. The Balaban J connectivity index is 2.13. The van der Waals surface area contributed by atoms with Gasteiger partial charge in [-0.05, 0) is 12.8 Å². The van der Waals surface area contributed by atoms with Crippen molar-refractivity contribution in [2.75, 3.05) is 17.3 Å². The highest BCUT2D eigenvalue weighted by Gasteiger charge is 2.20. The molecule has 1 N–H and O–H groups in total. The number of nitriles is 1. The third-order valence-corrected chi connectivity index (χ3v) is 3.07. The van der Waals surface area contributed by atoms with Gasteiger partial charge in [0.1, 0.15) is 18.0 Å².